The number of nitrogens with zero attached hydrogens (tertiary/aromatic N) is 1. The number of halogens is 4. The van der Waals surface area contributed by atoms with Gasteiger partial charge in [-0.05, 0) is 54.7 Å². The van der Waals surface area contributed by atoms with Gasteiger partial charge in [0.2, 0.25) is 11.8 Å². The molecule has 172 valence electrons. The minimum atomic E-state index is -0.597. The quantitative estimate of drug-likeness (QED) is 0.424. The molecule has 0 aliphatic heterocycles. The second-order valence-corrected chi connectivity index (χ2v) is 9.74. The van der Waals surface area contributed by atoms with E-state index in [1.54, 1.807) is 35.2 Å². The first-order valence-electron chi connectivity index (χ1n) is 10.8. The zero-order chi connectivity index (χ0) is 23.3. The molecule has 0 bridgehead atoms. The lowest BCUT2D eigenvalue weighted by molar-refractivity contribution is -0.141. The van der Waals surface area contributed by atoms with Gasteiger partial charge in [-0.25, -0.2) is 0 Å². The molecule has 4 nitrogen and oxygen atoms in total. The van der Waals surface area contributed by atoms with E-state index in [-0.39, 0.29) is 30.8 Å². The molecule has 1 unspecified atom stereocenters. The SMILES string of the molecule is CCC(C(=O)NC1CCCC1)N(Cc1ccc(Cl)c(Cl)c1)C(=O)Cc1ccc(Cl)c(Cl)c1. The molecule has 1 N–H and O–H groups in total. The van der Waals surface area contributed by atoms with Gasteiger partial charge in [-0.1, -0.05) is 78.3 Å². The number of hydrogen-bond acceptors (Lipinski definition) is 2. The fourth-order valence-corrected chi connectivity index (χ4v) is 4.69. The fourth-order valence-electron chi connectivity index (χ4n) is 4.05. The van der Waals surface area contributed by atoms with Crippen molar-refractivity contribution in [1.29, 1.82) is 0 Å². The van der Waals surface area contributed by atoms with E-state index in [1.165, 1.54) is 0 Å². The van der Waals surface area contributed by atoms with Gasteiger partial charge in [0.1, 0.15) is 6.04 Å². The highest BCUT2D eigenvalue weighted by Gasteiger charge is 2.30. The molecule has 1 atom stereocenters. The molecule has 0 heterocycles. The summed E-state index contributed by atoms with van der Waals surface area (Å²) in [4.78, 5) is 28.2. The van der Waals surface area contributed by atoms with Gasteiger partial charge in [0.25, 0.3) is 0 Å². The number of hydrogen-bond donors (Lipinski definition) is 1. The maximum Gasteiger partial charge on any atom is 0.243 e. The highest BCUT2D eigenvalue weighted by molar-refractivity contribution is 6.42. The van der Waals surface area contributed by atoms with Crippen molar-refractivity contribution in [3.63, 3.8) is 0 Å². The first-order chi connectivity index (χ1) is 15.3. The lowest BCUT2D eigenvalue weighted by Gasteiger charge is -2.31. The molecule has 8 heteroatoms. The van der Waals surface area contributed by atoms with E-state index in [9.17, 15) is 9.59 Å². The predicted molar refractivity (Wildman–Crippen MR) is 132 cm³/mol. The van der Waals surface area contributed by atoms with Gasteiger partial charge in [0.05, 0.1) is 26.5 Å². The maximum atomic E-state index is 13.4. The van der Waals surface area contributed by atoms with Crippen LogP contribution < -0.4 is 5.32 Å². The van der Waals surface area contributed by atoms with Gasteiger partial charge in [-0.15, -0.1) is 0 Å². The van der Waals surface area contributed by atoms with Crippen LogP contribution in [0.15, 0.2) is 36.4 Å². The van der Waals surface area contributed by atoms with Gasteiger partial charge in [-0.2, -0.15) is 0 Å². The van der Waals surface area contributed by atoms with Gasteiger partial charge in [-0.3, -0.25) is 9.59 Å². The fraction of sp³-hybridized carbons (Fsp3) is 0.417. The molecule has 0 spiro atoms. The Morgan fingerprint density at radius 2 is 1.50 bits per heavy atom. The zero-order valence-electron chi connectivity index (χ0n) is 17.8. The van der Waals surface area contributed by atoms with Crippen LogP contribution in [0, 0.1) is 0 Å². The van der Waals surface area contributed by atoms with Gasteiger partial charge >= 0.3 is 0 Å². The highest BCUT2D eigenvalue weighted by Crippen LogP contribution is 2.26. The maximum absolute atomic E-state index is 13.4. The summed E-state index contributed by atoms with van der Waals surface area (Å²) in [6, 6.07) is 9.93. The van der Waals surface area contributed by atoms with Crippen LogP contribution in [-0.4, -0.2) is 28.8 Å². The highest BCUT2D eigenvalue weighted by atomic mass is 35.5. The van der Waals surface area contributed by atoms with Crippen LogP contribution in [0.4, 0.5) is 0 Å². The van der Waals surface area contributed by atoms with Crippen molar-refractivity contribution in [3.05, 3.63) is 67.6 Å². The lowest BCUT2D eigenvalue weighted by Crippen LogP contribution is -2.51. The predicted octanol–water partition coefficient (Wildman–Crippen LogP) is 6.71. The Hall–Kier alpha value is -1.46. The number of benzene rings is 2. The lowest BCUT2D eigenvalue weighted by atomic mass is 10.1. The summed E-state index contributed by atoms with van der Waals surface area (Å²) in [6.07, 6.45) is 4.78. The first kappa shape index (κ1) is 25.2. The summed E-state index contributed by atoms with van der Waals surface area (Å²) < 4.78 is 0. The number of amides is 2. The van der Waals surface area contributed by atoms with E-state index in [0.29, 0.717) is 26.5 Å². The standard InChI is InChI=1S/C24H26Cl4N2O2/c1-2-22(24(32)29-17-5-3-4-6-17)30(14-16-8-10-19(26)21(28)12-16)23(31)13-15-7-9-18(25)20(27)11-15/h7-12,17,22H,2-6,13-14H2,1H3,(H,29,32). The van der Waals surface area contributed by atoms with E-state index < -0.39 is 6.04 Å². The molecule has 2 aromatic rings. The Balaban J connectivity index is 1.85. The Morgan fingerprint density at radius 1 is 0.938 bits per heavy atom. The molecule has 1 aliphatic carbocycles. The summed E-state index contributed by atoms with van der Waals surface area (Å²) in [5, 5.41) is 4.80. The number of carbonyl (C=O) groups excluding carboxylic acids is 2. The zero-order valence-corrected chi connectivity index (χ0v) is 20.9. The summed E-state index contributed by atoms with van der Waals surface area (Å²) in [5.74, 6) is -0.301. The van der Waals surface area contributed by atoms with E-state index >= 15 is 0 Å². The van der Waals surface area contributed by atoms with Crippen LogP contribution in [-0.2, 0) is 22.6 Å². The van der Waals surface area contributed by atoms with Crippen molar-refractivity contribution in [3.8, 4) is 0 Å². The number of nitrogens with one attached hydrogen (secondary N) is 1. The summed E-state index contributed by atoms with van der Waals surface area (Å²) in [5.41, 5.74) is 1.53. The van der Waals surface area contributed by atoms with Gasteiger partial charge in [0, 0.05) is 12.6 Å². The largest absolute Gasteiger partial charge is 0.352 e. The normalized spacial score (nSPS) is 14.9. The van der Waals surface area contributed by atoms with E-state index in [0.717, 1.165) is 36.8 Å². The third-order valence-corrected chi connectivity index (χ3v) is 7.24. The van der Waals surface area contributed by atoms with Crippen molar-refractivity contribution in [2.24, 2.45) is 0 Å². The van der Waals surface area contributed by atoms with E-state index in [2.05, 4.69) is 5.32 Å². The van der Waals surface area contributed by atoms with Crippen molar-refractivity contribution in [2.75, 3.05) is 0 Å². The minimum absolute atomic E-state index is 0.103. The third kappa shape index (κ3) is 6.54. The summed E-state index contributed by atoms with van der Waals surface area (Å²) in [6.45, 7) is 2.15. The Bertz CT molecular complexity index is 976. The second kappa shape index (κ2) is 11.6. The molecule has 0 aromatic heterocycles. The summed E-state index contributed by atoms with van der Waals surface area (Å²) in [7, 11) is 0. The van der Waals surface area contributed by atoms with Crippen molar-refractivity contribution >= 4 is 58.2 Å². The summed E-state index contributed by atoms with van der Waals surface area (Å²) >= 11 is 24.4. The van der Waals surface area contributed by atoms with Crippen LogP contribution in [0.3, 0.4) is 0 Å². The molecule has 2 amide bonds. The van der Waals surface area contributed by atoms with Crippen molar-refractivity contribution in [2.45, 2.75) is 64.1 Å². The Labute approximate surface area is 209 Å². The van der Waals surface area contributed by atoms with Gasteiger partial charge in [0.15, 0.2) is 0 Å². The average molecular weight is 516 g/mol. The second-order valence-electron chi connectivity index (χ2n) is 8.11. The van der Waals surface area contributed by atoms with Crippen LogP contribution in [0.1, 0.15) is 50.2 Å². The molecular weight excluding hydrogens is 490 g/mol. The Morgan fingerprint density at radius 3 is 2.06 bits per heavy atom. The average Bonchev–Trinajstić information content (AvgIpc) is 3.26. The molecule has 1 aliphatic rings. The van der Waals surface area contributed by atoms with E-state index in [1.807, 2.05) is 13.0 Å². The van der Waals surface area contributed by atoms with Crippen LogP contribution in [0.25, 0.3) is 0 Å². The minimum Gasteiger partial charge on any atom is -0.352 e. The van der Waals surface area contributed by atoms with Crippen LogP contribution in [0.5, 0.6) is 0 Å². The molecule has 1 fully saturated rings. The molecule has 0 saturated heterocycles. The smallest absolute Gasteiger partial charge is 0.243 e. The number of carbonyl (C=O) groups is 2. The Kier molecular flexibility index (Phi) is 9.13. The molecule has 3 rings (SSSR count). The first-order valence-corrected chi connectivity index (χ1v) is 12.3. The van der Waals surface area contributed by atoms with Crippen LogP contribution >= 0.6 is 46.4 Å². The van der Waals surface area contributed by atoms with Gasteiger partial charge < -0.3 is 10.2 Å². The third-order valence-electron chi connectivity index (χ3n) is 5.76. The molecule has 1 saturated carbocycles. The topological polar surface area (TPSA) is 49.4 Å². The molecule has 32 heavy (non-hydrogen) atoms. The van der Waals surface area contributed by atoms with E-state index in [4.69, 9.17) is 46.4 Å². The van der Waals surface area contributed by atoms with Crippen LogP contribution in [0.2, 0.25) is 20.1 Å². The van der Waals surface area contributed by atoms with Crippen molar-refractivity contribution in [1.82, 2.24) is 10.2 Å². The monoisotopic (exact) mass is 514 g/mol. The number of rotatable bonds is 8. The molecular formula is C24H26Cl4N2O2. The molecule has 2 aromatic carbocycles. The van der Waals surface area contributed by atoms with Crippen molar-refractivity contribution < 1.29 is 9.59 Å². The molecule has 0 radical (unpaired) electrons.